The zero-order valence-electron chi connectivity index (χ0n) is 16.8. The van der Waals surface area contributed by atoms with Crippen LogP contribution in [0.15, 0.2) is 23.1 Å². The molecule has 0 spiro atoms. The Labute approximate surface area is 175 Å². The molecule has 2 aromatic rings. The third-order valence-electron chi connectivity index (χ3n) is 5.03. The standard InChI is InChI=1S/C19H24ClFN4O3S/c1-12(2)25-14(4)18(13(3)22-25)29(27,28)24-9-7-23(8-10-24)19(26)16-11-15(21)5-6-17(16)20/h5-6,11-12H,7-10H2,1-4H3. The Kier molecular flexibility index (Phi) is 6.03. The number of rotatable bonds is 4. The second-order valence-electron chi connectivity index (χ2n) is 7.36. The summed E-state index contributed by atoms with van der Waals surface area (Å²) in [6, 6.07) is 3.66. The molecule has 1 amide bonds. The van der Waals surface area contributed by atoms with Crippen LogP contribution in [-0.2, 0) is 10.0 Å². The number of piperazine rings is 1. The van der Waals surface area contributed by atoms with Crippen molar-refractivity contribution < 1.29 is 17.6 Å². The first-order chi connectivity index (χ1) is 13.5. The first-order valence-electron chi connectivity index (χ1n) is 9.34. The van der Waals surface area contributed by atoms with E-state index in [0.29, 0.717) is 11.4 Å². The summed E-state index contributed by atoms with van der Waals surface area (Å²) in [5.41, 5.74) is 1.14. The van der Waals surface area contributed by atoms with E-state index in [1.807, 2.05) is 13.8 Å². The van der Waals surface area contributed by atoms with Crippen LogP contribution in [0.1, 0.15) is 41.6 Å². The van der Waals surface area contributed by atoms with Gasteiger partial charge >= 0.3 is 0 Å². The number of amides is 1. The highest BCUT2D eigenvalue weighted by atomic mass is 35.5. The SMILES string of the molecule is Cc1nn(C(C)C)c(C)c1S(=O)(=O)N1CCN(C(=O)c2cc(F)ccc2Cl)CC1. The first-order valence-corrected chi connectivity index (χ1v) is 11.2. The number of hydrogen-bond acceptors (Lipinski definition) is 4. The van der Waals surface area contributed by atoms with Crippen LogP contribution >= 0.6 is 11.6 Å². The van der Waals surface area contributed by atoms with Crippen LogP contribution in [0.5, 0.6) is 0 Å². The van der Waals surface area contributed by atoms with Gasteiger partial charge in [0.25, 0.3) is 5.91 Å². The molecule has 158 valence electrons. The van der Waals surface area contributed by atoms with E-state index in [-0.39, 0.29) is 47.7 Å². The van der Waals surface area contributed by atoms with E-state index in [9.17, 15) is 17.6 Å². The van der Waals surface area contributed by atoms with E-state index in [1.54, 1.807) is 18.5 Å². The smallest absolute Gasteiger partial charge is 0.255 e. The molecule has 29 heavy (non-hydrogen) atoms. The van der Waals surface area contributed by atoms with Gasteiger partial charge in [-0.05, 0) is 45.9 Å². The number of aryl methyl sites for hydroxylation is 1. The molecule has 0 unspecified atom stereocenters. The zero-order valence-corrected chi connectivity index (χ0v) is 18.4. The average Bonchev–Trinajstić information content (AvgIpc) is 2.98. The Morgan fingerprint density at radius 3 is 2.34 bits per heavy atom. The van der Waals surface area contributed by atoms with E-state index in [0.717, 1.165) is 6.07 Å². The fourth-order valence-electron chi connectivity index (χ4n) is 3.62. The molecule has 1 fully saturated rings. The molecule has 0 aliphatic carbocycles. The summed E-state index contributed by atoms with van der Waals surface area (Å²) >= 11 is 6.02. The fraction of sp³-hybridized carbons (Fsp3) is 0.474. The predicted octanol–water partition coefficient (Wildman–Crippen LogP) is 3.02. The van der Waals surface area contributed by atoms with E-state index < -0.39 is 21.7 Å². The molecule has 1 aromatic heterocycles. The first kappa shape index (κ1) is 21.7. The number of benzene rings is 1. The lowest BCUT2D eigenvalue weighted by Crippen LogP contribution is -2.50. The van der Waals surface area contributed by atoms with Crippen molar-refractivity contribution in [3.63, 3.8) is 0 Å². The normalized spacial score (nSPS) is 15.9. The monoisotopic (exact) mass is 442 g/mol. The van der Waals surface area contributed by atoms with Gasteiger partial charge in [-0.3, -0.25) is 9.48 Å². The highest BCUT2D eigenvalue weighted by molar-refractivity contribution is 7.89. The molecule has 2 heterocycles. The Balaban J connectivity index is 1.78. The van der Waals surface area contributed by atoms with Gasteiger partial charge in [-0.1, -0.05) is 11.6 Å². The van der Waals surface area contributed by atoms with Crippen molar-refractivity contribution in [3.8, 4) is 0 Å². The zero-order chi connectivity index (χ0) is 21.5. The largest absolute Gasteiger partial charge is 0.336 e. The summed E-state index contributed by atoms with van der Waals surface area (Å²) < 4.78 is 43.0. The highest BCUT2D eigenvalue weighted by Gasteiger charge is 2.35. The number of nitrogens with zero attached hydrogens (tertiary/aromatic N) is 4. The third-order valence-corrected chi connectivity index (χ3v) is 7.51. The lowest BCUT2D eigenvalue weighted by atomic mass is 10.2. The summed E-state index contributed by atoms with van der Waals surface area (Å²) in [5.74, 6) is -0.960. The van der Waals surface area contributed by atoms with Crippen LogP contribution in [0.3, 0.4) is 0 Å². The summed E-state index contributed by atoms with van der Waals surface area (Å²) in [6.07, 6.45) is 0. The molecule has 0 N–H and O–H groups in total. The van der Waals surface area contributed by atoms with Gasteiger partial charge in [0.1, 0.15) is 10.7 Å². The van der Waals surface area contributed by atoms with Crippen LogP contribution in [0, 0.1) is 19.7 Å². The average molecular weight is 443 g/mol. The molecule has 0 saturated carbocycles. The van der Waals surface area contributed by atoms with Crippen LogP contribution < -0.4 is 0 Å². The topological polar surface area (TPSA) is 75.5 Å². The molecular weight excluding hydrogens is 419 g/mol. The van der Waals surface area contributed by atoms with Crippen molar-refractivity contribution in [1.29, 1.82) is 0 Å². The van der Waals surface area contributed by atoms with Gasteiger partial charge in [-0.2, -0.15) is 9.40 Å². The third kappa shape index (κ3) is 4.04. The van der Waals surface area contributed by atoms with Crippen LogP contribution in [0.25, 0.3) is 0 Å². The molecule has 0 atom stereocenters. The van der Waals surface area contributed by atoms with Gasteiger partial charge in [-0.25, -0.2) is 12.8 Å². The van der Waals surface area contributed by atoms with E-state index in [1.165, 1.54) is 21.3 Å². The number of aromatic nitrogens is 2. The minimum atomic E-state index is -3.74. The van der Waals surface area contributed by atoms with E-state index in [4.69, 9.17) is 11.6 Å². The van der Waals surface area contributed by atoms with Crippen molar-refractivity contribution in [1.82, 2.24) is 19.0 Å². The van der Waals surface area contributed by atoms with E-state index >= 15 is 0 Å². The highest BCUT2D eigenvalue weighted by Crippen LogP contribution is 2.27. The van der Waals surface area contributed by atoms with Crippen molar-refractivity contribution >= 4 is 27.5 Å². The van der Waals surface area contributed by atoms with Gasteiger partial charge in [0, 0.05) is 32.2 Å². The number of sulfonamides is 1. The molecule has 1 aliphatic heterocycles. The van der Waals surface area contributed by atoms with Gasteiger partial charge < -0.3 is 4.90 Å². The second kappa shape index (κ2) is 8.04. The number of halogens is 2. The summed E-state index contributed by atoms with van der Waals surface area (Å²) in [6.45, 7) is 8.00. The second-order valence-corrected chi connectivity index (χ2v) is 9.64. The predicted molar refractivity (Wildman–Crippen MR) is 108 cm³/mol. The van der Waals surface area contributed by atoms with Gasteiger partial charge in [0.2, 0.25) is 10.0 Å². The molecule has 1 aliphatic rings. The van der Waals surface area contributed by atoms with Gasteiger partial charge in [0.05, 0.1) is 22.0 Å². The van der Waals surface area contributed by atoms with Crippen LogP contribution in [0.2, 0.25) is 5.02 Å². The van der Waals surface area contributed by atoms with Crippen molar-refractivity contribution in [2.45, 2.75) is 38.6 Å². The minimum Gasteiger partial charge on any atom is -0.336 e. The van der Waals surface area contributed by atoms with Crippen LogP contribution in [0.4, 0.5) is 4.39 Å². The maximum absolute atomic E-state index is 13.5. The molecule has 0 radical (unpaired) electrons. The quantitative estimate of drug-likeness (QED) is 0.729. The van der Waals surface area contributed by atoms with Crippen molar-refractivity contribution in [2.75, 3.05) is 26.2 Å². The van der Waals surface area contributed by atoms with Crippen molar-refractivity contribution in [2.24, 2.45) is 0 Å². The van der Waals surface area contributed by atoms with Gasteiger partial charge in [0.15, 0.2) is 0 Å². The van der Waals surface area contributed by atoms with Crippen molar-refractivity contribution in [3.05, 3.63) is 46.0 Å². The Bertz CT molecular complexity index is 1040. The summed E-state index contributed by atoms with van der Waals surface area (Å²) in [4.78, 5) is 14.4. The Morgan fingerprint density at radius 2 is 1.79 bits per heavy atom. The van der Waals surface area contributed by atoms with E-state index in [2.05, 4.69) is 5.10 Å². The maximum atomic E-state index is 13.5. The summed E-state index contributed by atoms with van der Waals surface area (Å²) in [7, 11) is -3.74. The Hall–Kier alpha value is -1.97. The number of carbonyl (C=O) groups excluding carboxylic acids is 1. The maximum Gasteiger partial charge on any atom is 0.255 e. The summed E-state index contributed by atoms with van der Waals surface area (Å²) in [5, 5.41) is 4.53. The number of hydrogen-bond donors (Lipinski definition) is 0. The van der Waals surface area contributed by atoms with Crippen LogP contribution in [-0.4, -0.2) is 59.5 Å². The Morgan fingerprint density at radius 1 is 1.17 bits per heavy atom. The minimum absolute atomic E-state index is 0.0446. The molecular formula is C19H24ClFN4O3S. The lowest BCUT2D eigenvalue weighted by molar-refractivity contribution is 0.0697. The molecule has 1 saturated heterocycles. The molecule has 1 aromatic carbocycles. The van der Waals surface area contributed by atoms with Gasteiger partial charge in [-0.15, -0.1) is 0 Å². The number of carbonyl (C=O) groups is 1. The fourth-order valence-corrected chi connectivity index (χ4v) is 5.60. The molecule has 0 bridgehead atoms. The molecule has 7 nitrogen and oxygen atoms in total. The molecule has 10 heteroatoms. The molecule has 3 rings (SSSR count). The lowest BCUT2D eigenvalue weighted by Gasteiger charge is -2.34.